The fourth-order valence-corrected chi connectivity index (χ4v) is 1.22. The van der Waals surface area contributed by atoms with Crippen molar-refractivity contribution < 1.29 is 14.3 Å². The van der Waals surface area contributed by atoms with Gasteiger partial charge in [-0.05, 0) is 12.8 Å². The third kappa shape index (κ3) is 2.34. The Morgan fingerprint density at radius 1 is 1.75 bits per heavy atom. The van der Waals surface area contributed by atoms with Crippen LogP contribution >= 0.6 is 0 Å². The maximum Gasteiger partial charge on any atom is 0.332 e. The standard InChI is InChI=1S/C9H14O3/c1-3-8(10)12-9-7(2)5-4-6-11-9/h3,7,9H,1,4-6H2,2H3. The van der Waals surface area contributed by atoms with Crippen LogP contribution in [0.15, 0.2) is 12.7 Å². The predicted octanol–water partition coefficient (Wildman–Crippen LogP) is 1.49. The van der Waals surface area contributed by atoms with Crippen LogP contribution in [-0.2, 0) is 14.3 Å². The number of hydrogen-bond donors (Lipinski definition) is 0. The van der Waals surface area contributed by atoms with Crippen LogP contribution < -0.4 is 0 Å². The van der Waals surface area contributed by atoms with Gasteiger partial charge in [-0.2, -0.15) is 0 Å². The molecule has 1 aliphatic heterocycles. The topological polar surface area (TPSA) is 35.5 Å². The molecule has 1 rings (SSSR count). The van der Waals surface area contributed by atoms with Crippen LogP contribution in [0.4, 0.5) is 0 Å². The van der Waals surface area contributed by atoms with E-state index in [1.807, 2.05) is 6.92 Å². The van der Waals surface area contributed by atoms with Crippen molar-refractivity contribution in [3.05, 3.63) is 12.7 Å². The Morgan fingerprint density at radius 3 is 3.08 bits per heavy atom. The molecular weight excluding hydrogens is 156 g/mol. The Kier molecular flexibility index (Phi) is 3.29. The third-order valence-electron chi connectivity index (χ3n) is 1.95. The van der Waals surface area contributed by atoms with Crippen LogP contribution in [0.5, 0.6) is 0 Å². The minimum atomic E-state index is -0.409. The van der Waals surface area contributed by atoms with Crippen molar-refractivity contribution in [1.29, 1.82) is 0 Å². The lowest BCUT2D eigenvalue weighted by Gasteiger charge is -2.27. The number of carbonyl (C=O) groups excluding carboxylic acids is 1. The molecule has 1 saturated heterocycles. The molecule has 0 spiro atoms. The first-order valence-electron chi connectivity index (χ1n) is 4.18. The summed E-state index contributed by atoms with van der Waals surface area (Å²) < 4.78 is 10.2. The molecule has 0 amide bonds. The lowest BCUT2D eigenvalue weighted by molar-refractivity contribution is -0.195. The van der Waals surface area contributed by atoms with E-state index in [0.29, 0.717) is 12.5 Å². The second-order valence-corrected chi connectivity index (χ2v) is 3.00. The van der Waals surface area contributed by atoms with E-state index in [0.717, 1.165) is 18.9 Å². The quantitative estimate of drug-likeness (QED) is 0.465. The molecule has 1 aliphatic rings. The first-order chi connectivity index (χ1) is 5.74. The van der Waals surface area contributed by atoms with E-state index in [-0.39, 0.29) is 6.29 Å². The van der Waals surface area contributed by atoms with Crippen molar-refractivity contribution in [2.24, 2.45) is 5.92 Å². The Morgan fingerprint density at radius 2 is 2.50 bits per heavy atom. The number of ether oxygens (including phenoxy) is 2. The van der Waals surface area contributed by atoms with Crippen LogP contribution in [0, 0.1) is 5.92 Å². The van der Waals surface area contributed by atoms with Crippen molar-refractivity contribution in [2.45, 2.75) is 26.1 Å². The summed E-state index contributed by atoms with van der Waals surface area (Å²) in [6.07, 6.45) is 2.88. The van der Waals surface area contributed by atoms with Crippen LogP contribution in [0.2, 0.25) is 0 Å². The van der Waals surface area contributed by atoms with Crippen LogP contribution in [-0.4, -0.2) is 18.9 Å². The Hall–Kier alpha value is -0.830. The van der Waals surface area contributed by atoms with Gasteiger partial charge in [-0.25, -0.2) is 4.79 Å². The second-order valence-electron chi connectivity index (χ2n) is 3.00. The molecule has 0 aromatic rings. The molecule has 0 radical (unpaired) electrons. The second kappa shape index (κ2) is 4.26. The van der Waals surface area contributed by atoms with Gasteiger partial charge in [0.15, 0.2) is 0 Å². The first kappa shape index (κ1) is 9.26. The van der Waals surface area contributed by atoms with Gasteiger partial charge in [0.1, 0.15) is 0 Å². The maximum atomic E-state index is 10.8. The van der Waals surface area contributed by atoms with E-state index >= 15 is 0 Å². The minimum Gasteiger partial charge on any atom is -0.432 e. The van der Waals surface area contributed by atoms with Gasteiger partial charge in [-0.1, -0.05) is 13.5 Å². The highest BCUT2D eigenvalue weighted by Gasteiger charge is 2.24. The number of rotatable bonds is 2. The van der Waals surface area contributed by atoms with Gasteiger partial charge in [0.25, 0.3) is 0 Å². The normalized spacial score (nSPS) is 29.4. The third-order valence-corrected chi connectivity index (χ3v) is 1.95. The van der Waals surface area contributed by atoms with E-state index in [1.54, 1.807) is 0 Å². The number of esters is 1. The highest BCUT2D eigenvalue weighted by atomic mass is 16.7. The highest BCUT2D eigenvalue weighted by molar-refractivity contribution is 5.81. The summed E-state index contributed by atoms with van der Waals surface area (Å²) in [6.45, 7) is 6.02. The molecule has 0 aromatic heterocycles. The van der Waals surface area contributed by atoms with Crippen molar-refractivity contribution in [2.75, 3.05) is 6.61 Å². The minimum absolute atomic E-state index is 0.294. The predicted molar refractivity (Wildman–Crippen MR) is 44.4 cm³/mol. The van der Waals surface area contributed by atoms with Crippen molar-refractivity contribution in [3.63, 3.8) is 0 Å². The average Bonchev–Trinajstić information content (AvgIpc) is 2.09. The van der Waals surface area contributed by atoms with Gasteiger partial charge in [0.2, 0.25) is 6.29 Å². The number of carbonyl (C=O) groups is 1. The lowest BCUT2D eigenvalue weighted by atomic mass is 10.0. The zero-order valence-electron chi connectivity index (χ0n) is 7.29. The molecular formula is C9H14O3. The van der Waals surface area contributed by atoms with Gasteiger partial charge in [-0.3, -0.25) is 0 Å². The van der Waals surface area contributed by atoms with Crippen molar-refractivity contribution in [1.82, 2.24) is 0 Å². The molecule has 0 saturated carbocycles. The molecule has 68 valence electrons. The van der Waals surface area contributed by atoms with Gasteiger partial charge < -0.3 is 9.47 Å². The van der Waals surface area contributed by atoms with Crippen LogP contribution in [0.25, 0.3) is 0 Å². The van der Waals surface area contributed by atoms with E-state index in [9.17, 15) is 4.79 Å². The molecule has 0 aromatic carbocycles. The first-order valence-corrected chi connectivity index (χ1v) is 4.18. The summed E-state index contributed by atoms with van der Waals surface area (Å²) >= 11 is 0. The largest absolute Gasteiger partial charge is 0.432 e. The summed E-state index contributed by atoms with van der Waals surface area (Å²) in [4.78, 5) is 10.8. The van der Waals surface area contributed by atoms with Crippen molar-refractivity contribution >= 4 is 5.97 Å². The molecule has 2 atom stereocenters. The maximum absolute atomic E-state index is 10.8. The van der Waals surface area contributed by atoms with E-state index < -0.39 is 5.97 Å². The van der Waals surface area contributed by atoms with Gasteiger partial charge in [-0.15, -0.1) is 0 Å². The zero-order valence-corrected chi connectivity index (χ0v) is 7.29. The molecule has 12 heavy (non-hydrogen) atoms. The van der Waals surface area contributed by atoms with Gasteiger partial charge in [0.05, 0.1) is 6.61 Å². The summed E-state index contributed by atoms with van der Waals surface area (Å²) in [6, 6.07) is 0. The van der Waals surface area contributed by atoms with Gasteiger partial charge in [0, 0.05) is 12.0 Å². The summed E-state index contributed by atoms with van der Waals surface area (Å²) in [5, 5.41) is 0. The number of hydrogen-bond acceptors (Lipinski definition) is 3. The summed E-state index contributed by atoms with van der Waals surface area (Å²) in [5.74, 6) is -0.114. The Bertz CT molecular complexity index is 177. The average molecular weight is 170 g/mol. The summed E-state index contributed by atoms with van der Waals surface area (Å²) in [7, 11) is 0. The highest BCUT2D eigenvalue weighted by Crippen LogP contribution is 2.20. The molecule has 0 aliphatic carbocycles. The Labute approximate surface area is 72.4 Å². The fourth-order valence-electron chi connectivity index (χ4n) is 1.22. The van der Waals surface area contributed by atoms with Crippen LogP contribution in [0.3, 0.4) is 0 Å². The summed E-state index contributed by atoms with van der Waals surface area (Å²) in [5.41, 5.74) is 0. The lowest BCUT2D eigenvalue weighted by Crippen LogP contribution is -2.31. The van der Waals surface area contributed by atoms with Crippen molar-refractivity contribution in [3.8, 4) is 0 Å². The molecule has 3 heteroatoms. The van der Waals surface area contributed by atoms with Gasteiger partial charge >= 0.3 is 5.97 Å². The molecule has 0 N–H and O–H groups in total. The molecule has 1 fully saturated rings. The van der Waals surface area contributed by atoms with E-state index in [2.05, 4.69) is 6.58 Å². The SMILES string of the molecule is C=CC(=O)OC1OCCCC1C. The van der Waals surface area contributed by atoms with E-state index in [4.69, 9.17) is 9.47 Å². The zero-order chi connectivity index (χ0) is 8.97. The smallest absolute Gasteiger partial charge is 0.332 e. The molecule has 0 bridgehead atoms. The van der Waals surface area contributed by atoms with E-state index in [1.165, 1.54) is 0 Å². The molecule has 3 nitrogen and oxygen atoms in total. The monoisotopic (exact) mass is 170 g/mol. The molecule has 2 unspecified atom stereocenters. The van der Waals surface area contributed by atoms with Crippen LogP contribution in [0.1, 0.15) is 19.8 Å². The fraction of sp³-hybridized carbons (Fsp3) is 0.667. The molecule has 1 heterocycles. The Balaban J connectivity index is 2.38.